The largest absolute Gasteiger partial charge is 0.384 e. The first-order valence-corrected chi connectivity index (χ1v) is 8.63. The van der Waals surface area contributed by atoms with Gasteiger partial charge in [0.15, 0.2) is 0 Å². The SMILES string of the molecule is CC(C)n1ncc(C(=O)NCC(C)(O)c2ccc(F)cc2)c1C1CC1. The van der Waals surface area contributed by atoms with E-state index < -0.39 is 5.60 Å². The van der Waals surface area contributed by atoms with E-state index in [9.17, 15) is 14.3 Å². The monoisotopic (exact) mass is 345 g/mol. The van der Waals surface area contributed by atoms with Crippen LogP contribution in [0.15, 0.2) is 30.5 Å². The number of amides is 1. The molecule has 1 aromatic heterocycles. The first-order valence-electron chi connectivity index (χ1n) is 8.63. The molecule has 1 amide bonds. The van der Waals surface area contributed by atoms with Gasteiger partial charge in [-0.3, -0.25) is 9.48 Å². The fourth-order valence-corrected chi connectivity index (χ4v) is 2.98. The number of nitrogens with zero attached hydrogens (tertiary/aromatic N) is 2. The molecular weight excluding hydrogens is 321 g/mol. The molecule has 1 saturated carbocycles. The maximum atomic E-state index is 13.0. The van der Waals surface area contributed by atoms with Gasteiger partial charge < -0.3 is 10.4 Å². The van der Waals surface area contributed by atoms with Gasteiger partial charge in [-0.1, -0.05) is 12.1 Å². The molecular formula is C19H24FN3O2. The Hall–Kier alpha value is -2.21. The van der Waals surface area contributed by atoms with Crippen LogP contribution >= 0.6 is 0 Å². The summed E-state index contributed by atoms with van der Waals surface area (Å²) in [5.41, 5.74) is 0.825. The molecule has 0 bridgehead atoms. The van der Waals surface area contributed by atoms with Crippen LogP contribution < -0.4 is 5.32 Å². The molecule has 1 aromatic carbocycles. The molecule has 1 aliphatic rings. The Balaban J connectivity index is 1.73. The van der Waals surface area contributed by atoms with Crippen molar-refractivity contribution in [2.45, 2.75) is 51.2 Å². The van der Waals surface area contributed by atoms with Crippen LogP contribution in [0.2, 0.25) is 0 Å². The lowest BCUT2D eigenvalue weighted by Gasteiger charge is -2.24. The second kappa shape index (κ2) is 6.59. The number of halogens is 1. The molecule has 1 heterocycles. The second-order valence-electron chi connectivity index (χ2n) is 7.22. The highest BCUT2D eigenvalue weighted by Gasteiger charge is 2.33. The molecule has 0 saturated heterocycles. The standard InChI is InChI=1S/C19H24FN3O2/c1-12(2)23-17(13-4-5-13)16(10-22-23)18(24)21-11-19(3,25)14-6-8-15(20)9-7-14/h6-10,12-13,25H,4-5,11H2,1-3H3,(H,21,24). The smallest absolute Gasteiger partial charge is 0.254 e. The van der Waals surface area contributed by atoms with Crippen LogP contribution in [0, 0.1) is 5.82 Å². The average Bonchev–Trinajstić information content (AvgIpc) is 3.30. The zero-order valence-electron chi connectivity index (χ0n) is 14.8. The third kappa shape index (κ3) is 3.74. The highest BCUT2D eigenvalue weighted by atomic mass is 19.1. The summed E-state index contributed by atoms with van der Waals surface area (Å²) in [7, 11) is 0. The number of hydrogen-bond donors (Lipinski definition) is 2. The van der Waals surface area contributed by atoms with Crippen molar-refractivity contribution < 1.29 is 14.3 Å². The van der Waals surface area contributed by atoms with Gasteiger partial charge in [-0.05, 0) is 51.3 Å². The topological polar surface area (TPSA) is 67.2 Å². The van der Waals surface area contributed by atoms with Crippen molar-refractivity contribution in [1.29, 1.82) is 0 Å². The van der Waals surface area contributed by atoms with Crippen LogP contribution in [0.4, 0.5) is 4.39 Å². The Morgan fingerprint density at radius 3 is 2.60 bits per heavy atom. The summed E-state index contributed by atoms with van der Waals surface area (Å²) in [6.45, 7) is 5.72. The number of rotatable bonds is 6. The Morgan fingerprint density at radius 2 is 2.04 bits per heavy atom. The number of aliphatic hydroxyl groups is 1. The molecule has 0 radical (unpaired) electrons. The molecule has 2 N–H and O–H groups in total. The number of aromatic nitrogens is 2. The zero-order valence-corrected chi connectivity index (χ0v) is 14.8. The van der Waals surface area contributed by atoms with Gasteiger partial charge in [0.25, 0.3) is 5.91 Å². The number of hydrogen-bond acceptors (Lipinski definition) is 3. The average molecular weight is 345 g/mol. The minimum absolute atomic E-state index is 0.0361. The number of carbonyl (C=O) groups is 1. The van der Waals surface area contributed by atoms with Gasteiger partial charge in [0.05, 0.1) is 24.0 Å². The molecule has 0 aliphatic heterocycles. The number of carbonyl (C=O) groups excluding carboxylic acids is 1. The van der Waals surface area contributed by atoms with Crippen molar-refractivity contribution in [3.63, 3.8) is 0 Å². The third-order valence-corrected chi connectivity index (χ3v) is 4.59. The fourth-order valence-electron chi connectivity index (χ4n) is 2.98. The maximum absolute atomic E-state index is 13.0. The Kier molecular flexibility index (Phi) is 4.64. The molecule has 0 spiro atoms. The van der Waals surface area contributed by atoms with Crippen molar-refractivity contribution in [1.82, 2.24) is 15.1 Å². The molecule has 1 atom stereocenters. The van der Waals surface area contributed by atoms with E-state index in [0.29, 0.717) is 17.0 Å². The van der Waals surface area contributed by atoms with E-state index in [1.54, 1.807) is 13.1 Å². The van der Waals surface area contributed by atoms with Gasteiger partial charge in [0, 0.05) is 12.0 Å². The van der Waals surface area contributed by atoms with Crippen LogP contribution in [0.1, 0.15) is 67.2 Å². The molecule has 25 heavy (non-hydrogen) atoms. The Labute approximate surface area is 146 Å². The summed E-state index contributed by atoms with van der Waals surface area (Å²) in [6, 6.07) is 5.83. The summed E-state index contributed by atoms with van der Waals surface area (Å²) in [4.78, 5) is 12.6. The molecule has 134 valence electrons. The lowest BCUT2D eigenvalue weighted by Crippen LogP contribution is -2.38. The van der Waals surface area contributed by atoms with E-state index >= 15 is 0 Å². The zero-order chi connectivity index (χ0) is 18.2. The van der Waals surface area contributed by atoms with E-state index in [1.807, 2.05) is 18.5 Å². The molecule has 2 aromatic rings. The van der Waals surface area contributed by atoms with Crippen LogP contribution in [-0.2, 0) is 5.60 Å². The summed E-state index contributed by atoms with van der Waals surface area (Å²) in [5, 5.41) is 17.8. The van der Waals surface area contributed by atoms with Gasteiger partial charge in [0.2, 0.25) is 0 Å². The lowest BCUT2D eigenvalue weighted by atomic mass is 9.96. The quantitative estimate of drug-likeness (QED) is 0.845. The molecule has 3 rings (SSSR count). The highest BCUT2D eigenvalue weighted by Crippen LogP contribution is 2.42. The molecule has 1 unspecified atom stereocenters. The van der Waals surface area contributed by atoms with Crippen molar-refractivity contribution in [2.75, 3.05) is 6.54 Å². The van der Waals surface area contributed by atoms with E-state index in [2.05, 4.69) is 10.4 Å². The van der Waals surface area contributed by atoms with Gasteiger partial charge in [-0.2, -0.15) is 5.10 Å². The molecule has 1 fully saturated rings. The Bertz CT molecular complexity index is 761. The summed E-state index contributed by atoms with van der Waals surface area (Å²) >= 11 is 0. The number of benzene rings is 1. The van der Waals surface area contributed by atoms with Crippen molar-refractivity contribution in [2.24, 2.45) is 0 Å². The van der Waals surface area contributed by atoms with E-state index in [0.717, 1.165) is 18.5 Å². The van der Waals surface area contributed by atoms with Gasteiger partial charge in [-0.25, -0.2) is 4.39 Å². The molecule has 6 heteroatoms. The summed E-state index contributed by atoms with van der Waals surface area (Å²) in [6.07, 6.45) is 3.76. The van der Waals surface area contributed by atoms with Crippen molar-refractivity contribution >= 4 is 5.91 Å². The van der Waals surface area contributed by atoms with E-state index in [4.69, 9.17) is 0 Å². The summed E-state index contributed by atoms with van der Waals surface area (Å²) in [5.74, 6) is -0.210. The van der Waals surface area contributed by atoms with Crippen molar-refractivity contribution in [3.8, 4) is 0 Å². The van der Waals surface area contributed by atoms with E-state index in [-0.39, 0.29) is 24.3 Å². The van der Waals surface area contributed by atoms with Crippen LogP contribution in [-0.4, -0.2) is 27.3 Å². The van der Waals surface area contributed by atoms with Gasteiger partial charge in [-0.15, -0.1) is 0 Å². The maximum Gasteiger partial charge on any atom is 0.254 e. The normalized spacial score (nSPS) is 16.7. The second-order valence-corrected chi connectivity index (χ2v) is 7.22. The number of nitrogens with one attached hydrogen (secondary N) is 1. The van der Waals surface area contributed by atoms with Crippen LogP contribution in [0.3, 0.4) is 0 Å². The molecule has 1 aliphatic carbocycles. The van der Waals surface area contributed by atoms with Crippen molar-refractivity contribution in [3.05, 3.63) is 53.1 Å². The first kappa shape index (κ1) is 17.6. The third-order valence-electron chi connectivity index (χ3n) is 4.59. The predicted molar refractivity (Wildman–Crippen MR) is 92.9 cm³/mol. The fraction of sp³-hybridized carbons (Fsp3) is 0.474. The first-order chi connectivity index (χ1) is 11.8. The van der Waals surface area contributed by atoms with Gasteiger partial charge in [0.1, 0.15) is 11.4 Å². The van der Waals surface area contributed by atoms with Gasteiger partial charge >= 0.3 is 0 Å². The minimum atomic E-state index is -1.28. The highest BCUT2D eigenvalue weighted by molar-refractivity contribution is 5.95. The summed E-state index contributed by atoms with van der Waals surface area (Å²) < 4.78 is 15.0. The van der Waals surface area contributed by atoms with Crippen LogP contribution in [0.5, 0.6) is 0 Å². The predicted octanol–water partition coefficient (Wildman–Crippen LogP) is 3.12. The van der Waals surface area contributed by atoms with Crippen LogP contribution in [0.25, 0.3) is 0 Å². The lowest BCUT2D eigenvalue weighted by molar-refractivity contribution is 0.0525. The Morgan fingerprint density at radius 1 is 1.40 bits per heavy atom. The minimum Gasteiger partial charge on any atom is -0.384 e. The molecule has 5 nitrogen and oxygen atoms in total. The van der Waals surface area contributed by atoms with E-state index in [1.165, 1.54) is 24.3 Å².